The Kier molecular flexibility index (Phi) is 7.28. The van der Waals surface area contributed by atoms with Crippen molar-refractivity contribution in [1.82, 2.24) is 20.6 Å². The number of carboxylic acid groups (broad SMARTS) is 1. The number of aromatic nitrogens is 2. The number of aromatic amines is 1. The van der Waals surface area contributed by atoms with Gasteiger partial charge in [-0.2, -0.15) is 0 Å². The Morgan fingerprint density at radius 2 is 2.14 bits per heavy atom. The second kappa shape index (κ2) is 8.99. The first kappa shape index (κ1) is 17.0. The molecule has 0 aliphatic heterocycles. The van der Waals surface area contributed by atoms with Crippen molar-refractivity contribution >= 4 is 12.0 Å². The molecule has 0 radical (unpaired) electrons. The standard InChI is InChI=1S/C14H24N4O3/c1-10(2)7-11(8-13(19)20)9-18-14(21)17-4-3-12-15-5-6-16-12/h5-6,10-11H,3-4,7-9H2,1-2H3,(H,15,16)(H,19,20)(H2,17,18,21). The van der Waals surface area contributed by atoms with E-state index in [-0.39, 0.29) is 18.4 Å². The van der Waals surface area contributed by atoms with Crippen molar-refractivity contribution in [2.24, 2.45) is 11.8 Å². The molecule has 7 heteroatoms. The first-order valence-corrected chi connectivity index (χ1v) is 7.19. The Hall–Kier alpha value is -2.05. The highest BCUT2D eigenvalue weighted by atomic mass is 16.4. The van der Waals surface area contributed by atoms with Crippen LogP contribution in [0.15, 0.2) is 12.4 Å². The van der Waals surface area contributed by atoms with Crippen LogP contribution >= 0.6 is 0 Å². The SMILES string of the molecule is CC(C)CC(CNC(=O)NCCc1ncc[nH]1)CC(=O)O. The number of H-pyrrole nitrogens is 1. The van der Waals surface area contributed by atoms with E-state index in [9.17, 15) is 9.59 Å². The van der Waals surface area contributed by atoms with Gasteiger partial charge in [-0.3, -0.25) is 4.79 Å². The van der Waals surface area contributed by atoms with Crippen molar-refractivity contribution in [2.75, 3.05) is 13.1 Å². The molecule has 0 saturated carbocycles. The van der Waals surface area contributed by atoms with E-state index >= 15 is 0 Å². The lowest BCUT2D eigenvalue weighted by atomic mass is 9.94. The molecule has 1 aromatic heterocycles. The number of nitrogens with zero attached hydrogens (tertiary/aromatic N) is 1. The Labute approximate surface area is 124 Å². The number of amides is 2. The van der Waals surface area contributed by atoms with Gasteiger partial charge >= 0.3 is 12.0 Å². The van der Waals surface area contributed by atoms with Crippen LogP contribution in [0.3, 0.4) is 0 Å². The Morgan fingerprint density at radius 1 is 1.38 bits per heavy atom. The minimum atomic E-state index is -0.833. The summed E-state index contributed by atoms with van der Waals surface area (Å²) < 4.78 is 0. The number of hydrogen-bond donors (Lipinski definition) is 4. The molecule has 1 rings (SSSR count). The first-order valence-electron chi connectivity index (χ1n) is 7.19. The minimum absolute atomic E-state index is 0.0432. The van der Waals surface area contributed by atoms with Gasteiger partial charge in [0.25, 0.3) is 0 Å². The van der Waals surface area contributed by atoms with Gasteiger partial charge in [-0.15, -0.1) is 0 Å². The van der Waals surface area contributed by atoms with Gasteiger partial charge in [0.2, 0.25) is 0 Å². The number of urea groups is 1. The van der Waals surface area contributed by atoms with Gasteiger partial charge < -0.3 is 20.7 Å². The summed E-state index contributed by atoms with van der Waals surface area (Å²) >= 11 is 0. The van der Waals surface area contributed by atoms with E-state index in [0.717, 1.165) is 12.2 Å². The van der Waals surface area contributed by atoms with Crippen molar-refractivity contribution in [2.45, 2.75) is 33.1 Å². The third-order valence-corrected chi connectivity index (χ3v) is 3.02. The lowest BCUT2D eigenvalue weighted by Gasteiger charge is -2.18. The quantitative estimate of drug-likeness (QED) is 0.552. The number of nitrogens with one attached hydrogen (secondary N) is 3. The van der Waals surface area contributed by atoms with Crippen LogP contribution in [0, 0.1) is 11.8 Å². The van der Waals surface area contributed by atoms with Crippen molar-refractivity contribution in [3.8, 4) is 0 Å². The maximum atomic E-state index is 11.6. The second-order valence-corrected chi connectivity index (χ2v) is 5.52. The number of carboxylic acids is 1. The summed E-state index contributed by atoms with van der Waals surface area (Å²) in [5.74, 6) is 0.344. The number of carbonyl (C=O) groups is 2. The van der Waals surface area contributed by atoms with E-state index < -0.39 is 5.97 Å². The van der Waals surface area contributed by atoms with Crippen molar-refractivity contribution < 1.29 is 14.7 Å². The molecule has 0 aliphatic rings. The van der Waals surface area contributed by atoms with Crippen LogP contribution < -0.4 is 10.6 Å². The van der Waals surface area contributed by atoms with Gasteiger partial charge in [-0.05, 0) is 18.3 Å². The largest absolute Gasteiger partial charge is 0.481 e. The highest BCUT2D eigenvalue weighted by Gasteiger charge is 2.15. The van der Waals surface area contributed by atoms with Gasteiger partial charge in [0.05, 0.1) is 0 Å². The predicted molar refractivity (Wildman–Crippen MR) is 78.9 cm³/mol. The van der Waals surface area contributed by atoms with Crippen molar-refractivity contribution in [1.29, 1.82) is 0 Å². The summed E-state index contributed by atoms with van der Waals surface area (Å²) in [6.45, 7) is 4.93. The average Bonchev–Trinajstić information content (AvgIpc) is 2.88. The summed E-state index contributed by atoms with van der Waals surface area (Å²) in [6.07, 6.45) is 4.88. The Bertz CT molecular complexity index is 431. The zero-order chi connectivity index (χ0) is 15.7. The number of aliphatic carboxylic acids is 1. The van der Waals surface area contributed by atoms with Crippen molar-refractivity contribution in [3.63, 3.8) is 0 Å². The second-order valence-electron chi connectivity index (χ2n) is 5.52. The van der Waals surface area contributed by atoms with Gasteiger partial charge in [-0.1, -0.05) is 13.8 Å². The lowest BCUT2D eigenvalue weighted by Crippen LogP contribution is -2.39. The van der Waals surface area contributed by atoms with E-state index in [1.54, 1.807) is 12.4 Å². The molecular weight excluding hydrogens is 272 g/mol. The molecule has 1 unspecified atom stereocenters. The normalized spacial score (nSPS) is 12.1. The van der Waals surface area contributed by atoms with E-state index in [4.69, 9.17) is 5.11 Å². The van der Waals surface area contributed by atoms with Crippen LogP contribution in [0.25, 0.3) is 0 Å². The molecule has 4 N–H and O–H groups in total. The van der Waals surface area contributed by atoms with Gasteiger partial charge in [-0.25, -0.2) is 9.78 Å². The van der Waals surface area contributed by atoms with Crippen LogP contribution in [0.4, 0.5) is 4.79 Å². The molecule has 0 aliphatic carbocycles. The molecule has 0 bridgehead atoms. The molecule has 0 aromatic carbocycles. The summed E-state index contributed by atoms with van der Waals surface area (Å²) in [6, 6.07) is -0.277. The smallest absolute Gasteiger partial charge is 0.314 e. The highest BCUT2D eigenvalue weighted by molar-refractivity contribution is 5.74. The maximum absolute atomic E-state index is 11.6. The lowest BCUT2D eigenvalue weighted by molar-refractivity contribution is -0.138. The molecule has 1 atom stereocenters. The molecule has 0 saturated heterocycles. The number of carbonyl (C=O) groups excluding carboxylic acids is 1. The van der Waals surface area contributed by atoms with Gasteiger partial charge in [0.1, 0.15) is 5.82 Å². The summed E-state index contributed by atoms with van der Waals surface area (Å²) in [5.41, 5.74) is 0. The first-order chi connectivity index (χ1) is 9.97. The fourth-order valence-electron chi connectivity index (χ4n) is 2.18. The molecule has 2 amide bonds. The Morgan fingerprint density at radius 3 is 2.71 bits per heavy atom. The molecule has 1 aromatic rings. The Balaban J connectivity index is 2.23. The highest BCUT2D eigenvalue weighted by Crippen LogP contribution is 2.14. The third kappa shape index (κ3) is 7.96. The fourth-order valence-corrected chi connectivity index (χ4v) is 2.18. The number of rotatable bonds is 9. The van der Waals surface area contributed by atoms with E-state index in [1.807, 2.05) is 13.8 Å². The average molecular weight is 296 g/mol. The summed E-state index contributed by atoms with van der Waals surface area (Å²) in [5, 5.41) is 14.3. The molecule has 118 valence electrons. The molecular formula is C14H24N4O3. The van der Waals surface area contributed by atoms with Crippen LogP contribution in [0.1, 0.15) is 32.5 Å². The van der Waals surface area contributed by atoms with Crippen LogP contribution in [0.5, 0.6) is 0 Å². The summed E-state index contributed by atoms with van der Waals surface area (Å²) in [7, 11) is 0. The predicted octanol–water partition coefficient (Wildman–Crippen LogP) is 1.39. The molecule has 1 heterocycles. The molecule has 21 heavy (non-hydrogen) atoms. The van der Waals surface area contributed by atoms with Gasteiger partial charge in [0, 0.05) is 38.3 Å². The topological polar surface area (TPSA) is 107 Å². The number of imidazole rings is 1. The van der Waals surface area contributed by atoms with Crippen LogP contribution in [0.2, 0.25) is 0 Å². The molecule has 0 fully saturated rings. The zero-order valence-electron chi connectivity index (χ0n) is 12.6. The van der Waals surface area contributed by atoms with E-state index in [0.29, 0.717) is 25.4 Å². The van der Waals surface area contributed by atoms with Crippen molar-refractivity contribution in [3.05, 3.63) is 18.2 Å². The van der Waals surface area contributed by atoms with E-state index in [2.05, 4.69) is 20.6 Å². The molecule has 7 nitrogen and oxygen atoms in total. The minimum Gasteiger partial charge on any atom is -0.481 e. The third-order valence-electron chi connectivity index (χ3n) is 3.02. The zero-order valence-corrected chi connectivity index (χ0v) is 12.6. The monoisotopic (exact) mass is 296 g/mol. The van der Waals surface area contributed by atoms with E-state index in [1.165, 1.54) is 0 Å². The van der Waals surface area contributed by atoms with Crippen LogP contribution in [-0.4, -0.2) is 40.2 Å². The fraction of sp³-hybridized carbons (Fsp3) is 0.643. The maximum Gasteiger partial charge on any atom is 0.314 e. The molecule has 0 spiro atoms. The summed E-state index contributed by atoms with van der Waals surface area (Å²) in [4.78, 5) is 29.5. The van der Waals surface area contributed by atoms with Gasteiger partial charge in [0.15, 0.2) is 0 Å². The van der Waals surface area contributed by atoms with Crippen LogP contribution in [-0.2, 0) is 11.2 Å². The number of hydrogen-bond acceptors (Lipinski definition) is 3.